The van der Waals surface area contributed by atoms with Crippen molar-refractivity contribution in [2.45, 2.75) is 65.2 Å². The summed E-state index contributed by atoms with van der Waals surface area (Å²) in [6.45, 7) is 5.69. The van der Waals surface area contributed by atoms with E-state index in [4.69, 9.17) is 20.6 Å². The number of hydrogen-bond donors (Lipinski definition) is 2. The zero-order valence-corrected chi connectivity index (χ0v) is 15.6. The van der Waals surface area contributed by atoms with Crippen molar-refractivity contribution in [2.75, 3.05) is 13.2 Å². The van der Waals surface area contributed by atoms with Crippen LogP contribution in [-0.4, -0.2) is 24.9 Å². The second-order valence-electron chi connectivity index (χ2n) is 6.48. The summed E-state index contributed by atoms with van der Waals surface area (Å²) in [5, 5.41) is 8.11. The third-order valence-electron chi connectivity index (χ3n) is 4.36. The Labute approximate surface area is 151 Å². The smallest absolute Gasteiger partial charge is 0.158 e. The van der Waals surface area contributed by atoms with Crippen LogP contribution in [0.1, 0.15) is 76.3 Å². The van der Waals surface area contributed by atoms with Crippen LogP contribution in [0, 0.1) is 5.41 Å². The fourth-order valence-electron chi connectivity index (χ4n) is 2.95. The summed E-state index contributed by atoms with van der Waals surface area (Å²) in [6, 6.07) is 3.77. The molecule has 3 N–H and O–H groups in total. The Kier molecular flexibility index (Phi) is 7.76. The Balaban J connectivity index is 2.03. The van der Waals surface area contributed by atoms with Crippen LogP contribution in [0.4, 0.5) is 0 Å². The van der Waals surface area contributed by atoms with Gasteiger partial charge in [0.15, 0.2) is 5.84 Å². The van der Waals surface area contributed by atoms with Gasteiger partial charge in [-0.2, -0.15) is 0 Å². The maximum atomic E-state index is 8.11. The Hall–Kier alpha value is -2.04. The molecule has 138 valence electrons. The molecule has 0 fully saturated rings. The maximum absolute atomic E-state index is 8.11. The highest BCUT2D eigenvalue weighted by Gasteiger charge is 2.27. The second kappa shape index (κ2) is 10.1. The maximum Gasteiger partial charge on any atom is 0.158 e. The SMILES string of the molecule is CCCCCCOc1ccc(OCCCCCC)c2c1C(=N)N=C2N. The number of hydrogen-bond acceptors (Lipinski definition) is 4. The number of nitrogens with zero attached hydrogens (tertiary/aromatic N) is 1. The van der Waals surface area contributed by atoms with Crippen molar-refractivity contribution < 1.29 is 9.47 Å². The van der Waals surface area contributed by atoms with Gasteiger partial charge in [-0.15, -0.1) is 0 Å². The third-order valence-corrected chi connectivity index (χ3v) is 4.36. The molecular formula is C20H31N3O2. The monoisotopic (exact) mass is 345 g/mol. The Morgan fingerprint density at radius 3 is 1.88 bits per heavy atom. The van der Waals surface area contributed by atoms with E-state index in [1.54, 1.807) is 0 Å². The van der Waals surface area contributed by atoms with Gasteiger partial charge in [-0.3, -0.25) is 5.41 Å². The summed E-state index contributed by atoms with van der Waals surface area (Å²) in [6.07, 6.45) is 9.21. The van der Waals surface area contributed by atoms with Crippen molar-refractivity contribution >= 4 is 11.7 Å². The van der Waals surface area contributed by atoms with Crippen LogP contribution in [0.15, 0.2) is 17.1 Å². The van der Waals surface area contributed by atoms with Crippen LogP contribution in [0.3, 0.4) is 0 Å². The van der Waals surface area contributed by atoms with Crippen LogP contribution in [0.25, 0.3) is 0 Å². The van der Waals surface area contributed by atoms with Crippen molar-refractivity contribution in [2.24, 2.45) is 10.7 Å². The molecule has 1 aliphatic rings. The number of unbranched alkanes of at least 4 members (excludes halogenated alkanes) is 6. The molecule has 0 bridgehead atoms. The van der Waals surface area contributed by atoms with Crippen molar-refractivity contribution in [3.63, 3.8) is 0 Å². The number of fused-ring (bicyclic) bond motifs is 1. The van der Waals surface area contributed by atoms with E-state index in [1.807, 2.05) is 12.1 Å². The molecule has 0 atom stereocenters. The molecule has 0 aromatic heterocycles. The Morgan fingerprint density at radius 2 is 1.36 bits per heavy atom. The minimum absolute atomic E-state index is 0.160. The van der Waals surface area contributed by atoms with Gasteiger partial charge in [0.2, 0.25) is 0 Å². The highest BCUT2D eigenvalue weighted by atomic mass is 16.5. The van der Waals surface area contributed by atoms with E-state index in [2.05, 4.69) is 18.8 Å². The predicted octanol–water partition coefficient (Wildman–Crippen LogP) is 4.65. The second-order valence-corrected chi connectivity index (χ2v) is 6.48. The summed E-state index contributed by atoms with van der Waals surface area (Å²) in [7, 11) is 0. The molecule has 2 rings (SSSR count). The molecule has 1 aromatic carbocycles. The Morgan fingerprint density at radius 1 is 0.840 bits per heavy atom. The van der Waals surface area contributed by atoms with Gasteiger partial charge in [-0.25, -0.2) is 4.99 Å². The van der Waals surface area contributed by atoms with Crippen LogP contribution in [-0.2, 0) is 0 Å². The van der Waals surface area contributed by atoms with Crippen LogP contribution >= 0.6 is 0 Å². The lowest BCUT2D eigenvalue weighted by atomic mass is 10.1. The average Bonchev–Trinajstić information content (AvgIpc) is 2.91. The number of nitrogens with one attached hydrogen (secondary N) is 1. The van der Waals surface area contributed by atoms with Crippen LogP contribution in [0.5, 0.6) is 11.5 Å². The van der Waals surface area contributed by atoms with Gasteiger partial charge in [0.1, 0.15) is 17.3 Å². The number of ether oxygens (including phenoxy) is 2. The van der Waals surface area contributed by atoms with Crippen LogP contribution in [0.2, 0.25) is 0 Å². The molecule has 1 aromatic rings. The molecule has 0 saturated carbocycles. The first-order chi connectivity index (χ1) is 12.2. The highest BCUT2D eigenvalue weighted by molar-refractivity contribution is 6.23. The molecule has 0 aliphatic carbocycles. The zero-order chi connectivity index (χ0) is 18.1. The van der Waals surface area contributed by atoms with Crippen LogP contribution < -0.4 is 15.2 Å². The lowest BCUT2D eigenvalue weighted by Gasteiger charge is -2.15. The van der Waals surface area contributed by atoms with Crippen molar-refractivity contribution in [1.82, 2.24) is 0 Å². The van der Waals surface area contributed by atoms with Gasteiger partial charge in [-0.05, 0) is 25.0 Å². The minimum atomic E-state index is 0.160. The molecule has 0 saturated heterocycles. The predicted molar refractivity (Wildman–Crippen MR) is 103 cm³/mol. The van der Waals surface area contributed by atoms with Gasteiger partial charge < -0.3 is 15.2 Å². The number of nitrogens with two attached hydrogens (primary N) is 1. The molecular weight excluding hydrogens is 314 g/mol. The van der Waals surface area contributed by atoms with Gasteiger partial charge in [0, 0.05) is 0 Å². The fourth-order valence-corrected chi connectivity index (χ4v) is 2.95. The normalized spacial score (nSPS) is 12.9. The van der Waals surface area contributed by atoms with Gasteiger partial charge >= 0.3 is 0 Å². The number of amidine groups is 2. The zero-order valence-electron chi connectivity index (χ0n) is 15.6. The summed E-state index contributed by atoms with van der Waals surface area (Å²) < 4.78 is 11.8. The number of aliphatic imine (C=N–C) groups is 1. The van der Waals surface area contributed by atoms with E-state index >= 15 is 0 Å². The number of rotatable bonds is 12. The topological polar surface area (TPSA) is 80.7 Å². The van der Waals surface area contributed by atoms with Gasteiger partial charge in [-0.1, -0.05) is 52.4 Å². The largest absolute Gasteiger partial charge is 0.493 e. The van der Waals surface area contributed by atoms with E-state index in [0.717, 1.165) is 25.7 Å². The molecule has 5 heteroatoms. The van der Waals surface area contributed by atoms with Crippen molar-refractivity contribution in [1.29, 1.82) is 5.41 Å². The van der Waals surface area contributed by atoms with E-state index in [0.29, 0.717) is 41.7 Å². The molecule has 25 heavy (non-hydrogen) atoms. The van der Waals surface area contributed by atoms with E-state index < -0.39 is 0 Å². The summed E-state index contributed by atoms with van der Waals surface area (Å²) in [5.74, 6) is 1.89. The molecule has 5 nitrogen and oxygen atoms in total. The Bertz CT molecular complexity index is 611. The molecule has 0 unspecified atom stereocenters. The lowest BCUT2D eigenvalue weighted by molar-refractivity contribution is 0.296. The van der Waals surface area contributed by atoms with Gasteiger partial charge in [0.25, 0.3) is 0 Å². The highest BCUT2D eigenvalue weighted by Crippen LogP contribution is 2.34. The minimum Gasteiger partial charge on any atom is -0.493 e. The molecule has 1 heterocycles. The van der Waals surface area contributed by atoms with Crippen molar-refractivity contribution in [3.05, 3.63) is 23.3 Å². The molecule has 1 aliphatic heterocycles. The first kappa shape index (κ1) is 19.3. The van der Waals surface area contributed by atoms with Crippen molar-refractivity contribution in [3.8, 4) is 11.5 Å². The van der Waals surface area contributed by atoms with Gasteiger partial charge in [0.05, 0.1) is 24.3 Å². The fraction of sp³-hybridized carbons (Fsp3) is 0.600. The summed E-state index contributed by atoms with van der Waals surface area (Å²) in [4.78, 5) is 4.11. The molecule has 0 amide bonds. The lowest BCUT2D eigenvalue weighted by Crippen LogP contribution is -2.14. The third kappa shape index (κ3) is 5.21. The first-order valence-corrected chi connectivity index (χ1v) is 9.55. The number of benzene rings is 1. The summed E-state index contributed by atoms with van der Waals surface area (Å²) in [5.41, 5.74) is 7.41. The standard InChI is InChI=1S/C20H31N3O2/c1-3-5-7-9-13-24-15-11-12-16(25-14-10-8-6-4-2)18-17(15)19(21)23-20(18)22/h11-12H,3-10,13-14H2,1-2H3,(H3,21,22,23). The van der Waals surface area contributed by atoms with E-state index in [9.17, 15) is 0 Å². The van der Waals surface area contributed by atoms with E-state index in [-0.39, 0.29) is 5.84 Å². The first-order valence-electron chi connectivity index (χ1n) is 9.55. The molecule has 0 radical (unpaired) electrons. The quantitative estimate of drug-likeness (QED) is 0.541. The van der Waals surface area contributed by atoms with E-state index in [1.165, 1.54) is 25.7 Å². The molecule has 0 spiro atoms. The average molecular weight is 345 g/mol. The summed E-state index contributed by atoms with van der Waals surface area (Å²) >= 11 is 0.